The van der Waals surface area contributed by atoms with Crippen molar-refractivity contribution in [3.05, 3.63) is 59.7 Å². The average molecular weight is 284 g/mol. The number of nitrogens with zero attached hydrogens (tertiary/aromatic N) is 1. The highest BCUT2D eigenvalue weighted by Crippen LogP contribution is 2.24. The Kier molecular flexibility index (Phi) is 4.86. The zero-order chi connectivity index (χ0) is 15.4. The maximum atomic E-state index is 6.34. The lowest BCUT2D eigenvalue weighted by Gasteiger charge is -2.17. The van der Waals surface area contributed by atoms with Gasteiger partial charge in [-0.15, -0.1) is 0 Å². The monoisotopic (exact) mass is 284 g/mol. The second-order valence-electron chi connectivity index (χ2n) is 5.70. The second-order valence-corrected chi connectivity index (χ2v) is 5.70. The number of rotatable bonds is 5. The van der Waals surface area contributed by atoms with E-state index in [1.165, 1.54) is 5.69 Å². The van der Waals surface area contributed by atoms with Gasteiger partial charge in [0.15, 0.2) is 0 Å². The second kappa shape index (κ2) is 6.64. The highest BCUT2D eigenvalue weighted by molar-refractivity contribution is 5.47. The molecular formula is C18H24N2O. The van der Waals surface area contributed by atoms with Crippen LogP contribution in [0.15, 0.2) is 48.5 Å². The first-order valence-electron chi connectivity index (χ1n) is 7.27. The van der Waals surface area contributed by atoms with Gasteiger partial charge in [0.05, 0.1) is 12.1 Å². The van der Waals surface area contributed by atoms with Crippen molar-refractivity contribution < 1.29 is 4.74 Å². The molecular weight excluding hydrogens is 260 g/mol. The fourth-order valence-electron chi connectivity index (χ4n) is 2.20. The van der Waals surface area contributed by atoms with Crippen LogP contribution in [0.5, 0.6) is 5.75 Å². The number of anilines is 1. The highest BCUT2D eigenvalue weighted by atomic mass is 16.5. The van der Waals surface area contributed by atoms with Crippen LogP contribution >= 0.6 is 0 Å². The molecule has 0 heterocycles. The summed E-state index contributed by atoms with van der Waals surface area (Å²) in [5, 5.41) is 0. The lowest BCUT2D eigenvalue weighted by molar-refractivity contribution is 0.242. The van der Waals surface area contributed by atoms with Gasteiger partial charge >= 0.3 is 0 Å². The van der Waals surface area contributed by atoms with E-state index in [9.17, 15) is 0 Å². The van der Waals surface area contributed by atoms with Crippen molar-refractivity contribution in [3.8, 4) is 5.75 Å². The van der Waals surface area contributed by atoms with Crippen LogP contribution in [0.1, 0.15) is 31.0 Å². The molecule has 0 spiro atoms. The summed E-state index contributed by atoms with van der Waals surface area (Å²) >= 11 is 0. The standard InChI is InChI=1S/C18H24N2O/c1-13(2)21-17-11-7-15(8-12-17)18(19)14-5-9-16(10-6-14)20(3)4/h5-13,18H,19H2,1-4H3. The van der Waals surface area contributed by atoms with E-state index < -0.39 is 0 Å². The minimum absolute atomic E-state index is 0.116. The summed E-state index contributed by atoms with van der Waals surface area (Å²) < 4.78 is 5.65. The molecule has 0 aliphatic heterocycles. The molecule has 0 fully saturated rings. The van der Waals surface area contributed by atoms with Crippen molar-refractivity contribution in [1.82, 2.24) is 0 Å². The van der Waals surface area contributed by atoms with Crippen LogP contribution in [-0.4, -0.2) is 20.2 Å². The van der Waals surface area contributed by atoms with Gasteiger partial charge in [-0.2, -0.15) is 0 Å². The molecule has 0 bridgehead atoms. The van der Waals surface area contributed by atoms with Gasteiger partial charge in [0, 0.05) is 19.8 Å². The quantitative estimate of drug-likeness (QED) is 0.912. The third kappa shape index (κ3) is 3.99. The molecule has 0 aromatic heterocycles. The first-order valence-corrected chi connectivity index (χ1v) is 7.27. The van der Waals surface area contributed by atoms with Crippen molar-refractivity contribution in [2.24, 2.45) is 5.73 Å². The van der Waals surface area contributed by atoms with Crippen molar-refractivity contribution in [2.45, 2.75) is 26.0 Å². The zero-order valence-electron chi connectivity index (χ0n) is 13.2. The van der Waals surface area contributed by atoms with Crippen molar-refractivity contribution >= 4 is 5.69 Å². The lowest BCUT2D eigenvalue weighted by Crippen LogP contribution is -2.13. The number of hydrogen-bond donors (Lipinski definition) is 1. The van der Waals surface area contributed by atoms with Crippen molar-refractivity contribution in [2.75, 3.05) is 19.0 Å². The molecule has 1 unspecified atom stereocenters. The third-order valence-electron chi connectivity index (χ3n) is 3.38. The van der Waals surface area contributed by atoms with E-state index >= 15 is 0 Å². The van der Waals surface area contributed by atoms with Crippen LogP contribution in [0.3, 0.4) is 0 Å². The van der Waals surface area contributed by atoms with Gasteiger partial charge in [-0.3, -0.25) is 0 Å². The molecule has 0 amide bonds. The van der Waals surface area contributed by atoms with Crippen LogP contribution in [0.4, 0.5) is 5.69 Å². The number of hydrogen-bond acceptors (Lipinski definition) is 3. The van der Waals surface area contributed by atoms with Crippen LogP contribution in [0, 0.1) is 0 Å². The molecule has 2 aromatic rings. The molecule has 2 rings (SSSR count). The summed E-state index contributed by atoms with van der Waals surface area (Å²) in [7, 11) is 4.06. The molecule has 2 aromatic carbocycles. The SMILES string of the molecule is CC(C)Oc1ccc(C(N)c2ccc(N(C)C)cc2)cc1. The van der Waals surface area contributed by atoms with Gasteiger partial charge in [0.2, 0.25) is 0 Å². The fourth-order valence-corrected chi connectivity index (χ4v) is 2.20. The molecule has 0 aliphatic carbocycles. The van der Waals surface area contributed by atoms with E-state index in [1.807, 2.05) is 52.2 Å². The van der Waals surface area contributed by atoms with Crippen molar-refractivity contribution in [1.29, 1.82) is 0 Å². The maximum Gasteiger partial charge on any atom is 0.119 e. The van der Waals surface area contributed by atoms with Crippen LogP contribution in [-0.2, 0) is 0 Å². The number of nitrogens with two attached hydrogens (primary N) is 1. The highest BCUT2D eigenvalue weighted by Gasteiger charge is 2.09. The summed E-state index contributed by atoms with van der Waals surface area (Å²) in [6.45, 7) is 4.04. The molecule has 2 N–H and O–H groups in total. The Morgan fingerprint density at radius 1 is 0.857 bits per heavy atom. The predicted octanol–water partition coefficient (Wildman–Crippen LogP) is 3.59. The molecule has 0 saturated heterocycles. The lowest BCUT2D eigenvalue weighted by atomic mass is 9.99. The largest absolute Gasteiger partial charge is 0.491 e. The fraction of sp³-hybridized carbons (Fsp3) is 0.333. The van der Waals surface area contributed by atoms with Crippen molar-refractivity contribution in [3.63, 3.8) is 0 Å². The minimum Gasteiger partial charge on any atom is -0.491 e. The summed E-state index contributed by atoms with van der Waals surface area (Å²) in [4.78, 5) is 2.08. The van der Waals surface area contributed by atoms with E-state index in [1.54, 1.807) is 0 Å². The van der Waals surface area contributed by atoms with E-state index in [4.69, 9.17) is 10.5 Å². The van der Waals surface area contributed by atoms with E-state index in [2.05, 4.69) is 29.2 Å². The van der Waals surface area contributed by atoms with Gasteiger partial charge in [0.25, 0.3) is 0 Å². The zero-order valence-corrected chi connectivity index (χ0v) is 13.2. The van der Waals surface area contributed by atoms with Gasteiger partial charge < -0.3 is 15.4 Å². The summed E-state index contributed by atoms with van der Waals surface area (Å²) in [5.74, 6) is 0.879. The van der Waals surface area contributed by atoms with Crippen LogP contribution < -0.4 is 15.4 Å². The maximum absolute atomic E-state index is 6.34. The Morgan fingerprint density at radius 2 is 1.33 bits per heavy atom. The third-order valence-corrected chi connectivity index (χ3v) is 3.38. The molecule has 0 radical (unpaired) electrons. The average Bonchev–Trinajstić information content (AvgIpc) is 2.47. The van der Waals surface area contributed by atoms with Crippen LogP contribution in [0.2, 0.25) is 0 Å². The Bertz CT molecular complexity index is 559. The molecule has 1 atom stereocenters. The number of benzene rings is 2. The molecule has 0 saturated carbocycles. The Labute approximate surface area is 127 Å². The topological polar surface area (TPSA) is 38.5 Å². The number of ether oxygens (including phenoxy) is 1. The van der Waals surface area contributed by atoms with Gasteiger partial charge in [-0.1, -0.05) is 24.3 Å². The van der Waals surface area contributed by atoms with E-state index in [-0.39, 0.29) is 12.1 Å². The molecule has 3 nitrogen and oxygen atoms in total. The predicted molar refractivity (Wildman–Crippen MR) is 89.0 cm³/mol. The van der Waals surface area contributed by atoms with Gasteiger partial charge in [0.1, 0.15) is 5.75 Å². The summed E-state index contributed by atoms with van der Waals surface area (Å²) in [5.41, 5.74) is 9.71. The minimum atomic E-state index is -0.116. The smallest absolute Gasteiger partial charge is 0.119 e. The first kappa shape index (κ1) is 15.4. The normalized spacial score (nSPS) is 12.3. The van der Waals surface area contributed by atoms with Gasteiger partial charge in [-0.25, -0.2) is 0 Å². The van der Waals surface area contributed by atoms with Crippen LogP contribution in [0.25, 0.3) is 0 Å². The summed E-state index contributed by atoms with van der Waals surface area (Å²) in [6, 6.07) is 16.2. The molecule has 0 aliphatic rings. The molecule has 21 heavy (non-hydrogen) atoms. The Balaban J connectivity index is 2.13. The van der Waals surface area contributed by atoms with E-state index in [0.29, 0.717) is 0 Å². The Morgan fingerprint density at radius 3 is 1.76 bits per heavy atom. The van der Waals surface area contributed by atoms with Gasteiger partial charge in [-0.05, 0) is 49.2 Å². The Hall–Kier alpha value is -2.00. The molecule has 112 valence electrons. The first-order chi connectivity index (χ1) is 9.97. The molecule has 3 heteroatoms. The summed E-state index contributed by atoms with van der Waals surface area (Å²) in [6.07, 6.45) is 0.183. The van der Waals surface area contributed by atoms with E-state index in [0.717, 1.165) is 16.9 Å².